The number of nitrogens with one attached hydrogen (secondary N) is 1. The van der Waals surface area contributed by atoms with Crippen LogP contribution < -0.4 is 5.32 Å². The van der Waals surface area contributed by atoms with Crippen LogP contribution in [0.5, 0.6) is 0 Å². The molecule has 0 aliphatic carbocycles. The highest BCUT2D eigenvalue weighted by Crippen LogP contribution is 2.36. The summed E-state index contributed by atoms with van der Waals surface area (Å²) < 4.78 is 12.8. The molecule has 0 aromatic heterocycles. The monoisotopic (exact) mass is 298 g/mol. The molecule has 1 aromatic rings. The van der Waals surface area contributed by atoms with E-state index in [1.807, 2.05) is 4.90 Å². The maximum absolute atomic E-state index is 12.8. The highest BCUT2D eigenvalue weighted by atomic mass is 35.5. The van der Waals surface area contributed by atoms with Gasteiger partial charge in [0.05, 0.1) is 6.42 Å². The number of halogens is 2. The van der Waals surface area contributed by atoms with Gasteiger partial charge in [0.15, 0.2) is 0 Å². The van der Waals surface area contributed by atoms with Gasteiger partial charge in [0.1, 0.15) is 5.82 Å². The van der Waals surface area contributed by atoms with Gasteiger partial charge in [-0.15, -0.1) is 12.4 Å². The van der Waals surface area contributed by atoms with E-state index >= 15 is 0 Å². The summed E-state index contributed by atoms with van der Waals surface area (Å²) in [7, 11) is 0. The van der Waals surface area contributed by atoms with Crippen LogP contribution in [-0.4, -0.2) is 37.0 Å². The Morgan fingerprint density at radius 2 is 2.05 bits per heavy atom. The molecular formula is C15H20ClFN2O. The third-order valence-corrected chi connectivity index (χ3v) is 4.39. The molecule has 3 rings (SSSR count). The molecule has 2 aliphatic rings. The topological polar surface area (TPSA) is 32.3 Å². The van der Waals surface area contributed by atoms with Crippen LogP contribution in [-0.2, 0) is 11.2 Å². The molecule has 1 spiro atoms. The molecule has 0 radical (unpaired) electrons. The molecule has 2 heterocycles. The third kappa shape index (κ3) is 3.13. The minimum absolute atomic E-state index is 0. The number of hydrogen-bond acceptors (Lipinski definition) is 2. The zero-order valence-corrected chi connectivity index (χ0v) is 12.2. The van der Waals surface area contributed by atoms with Crippen LogP contribution in [0.25, 0.3) is 0 Å². The molecule has 3 nitrogen and oxygen atoms in total. The molecule has 5 heteroatoms. The molecular weight excluding hydrogens is 279 g/mol. The summed E-state index contributed by atoms with van der Waals surface area (Å²) in [5.74, 6) is -0.0938. The maximum atomic E-state index is 12.8. The van der Waals surface area contributed by atoms with E-state index in [0.29, 0.717) is 11.8 Å². The van der Waals surface area contributed by atoms with Crippen LogP contribution in [0.1, 0.15) is 18.4 Å². The van der Waals surface area contributed by atoms with Crippen molar-refractivity contribution in [3.63, 3.8) is 0 Å². The average molecular weight is 299 g/mol. The van der Waals surface area contributed by atoms with Crippen molar-refractivity contribution in [1.82, 2.24) is 10.2 Å². The number of nitrogens with zero attached hydrogens (tertiary/aromatic N) is 1. The van der Waals surface area contributed by atoms with E-state index in [9.17, 15) is 9.18 Å². The van der Waals surface area contributed by atoms with Crippen LogP contribution in [0.2, 0.25) is 0 Å². The second kappa shape index (κ2) is 6.10. The maximum Gasteiger partial charge on any atom is 0.227 e. The molecule has 2 aliphatic heterocycles. The SMILES string of the molecule is Cl.O=C(Cc1ccc(F)cc1)N1CCC2(CCNC2)C1. The minimum atomic E-state index is -0.256. The standard InChI is InChI=1S/C15H19FN2O.ClH/c16-13-3-1-12(2-4-13)9-14(19)18-8-6-15(11-18)5-7-17-10-15;/h1-4,17H,5-11H2;1H. The van der Waals surface area contributed by atoms with Crippen LogP contribution in [0.3, 0.4) is 0 Å². The van der Waals surface area contributed by atoms with Gasteiger partial charge in [0, 0.05) is 25.0 Å². The molecule has 2 fully saturated rings. The van der Waals surface area contributed by atoms with Crippen molar-refractivity contribution in [2.24, 2.45) is 5.41 Å². The molecule has 1 amide bonds. The molecule has 1 atom stereocenters. The van der Waals surface area contributed by atoms with Crippen molar-refractivity contribution in [2.45, 2.75) is 19.3 Å². The van der Waals surface area contributed by atoms with Gasteiger partial charge in [-0.05, 0) is 37.1 Å². The van der Waals surface area contributed by atoms with Crippen molar-refractivity contribution < 1.29 is 9.18 Å². The number of likely N-dealkylation sites (tertiary alicyclic amines) is 1. The van der Waals surface area contributed by atoms with Gasteiger partial charge < -0.3 is 10.2 Å². The zero-order chi connectivity index (χ0) is 13.3. The first-order valence-corrected chi connectivity index (χ1v) is 6.90. The Labute approximate surface area is 124 Å². The summed E-state index contributed by atoms with van der Waals surface area (Å²) in [5, 5.41) is 3.39. The molecule has 20 heavy (non-hydrogen) atoms. The van der Waals surface area contributed by atoms with Crippen molar-refractivity contribution in [3.05, 3.63) is 35.6 Å². The lowest BCUT2D eigenvalue weighted by Gasteiger charge is -2.22. The summed E-state index contributed by atoms with van der Waals surface area (Å²) >= 11 is 0. The van der Waals surface area contributed by atoms with Crippen molar-refractivity contribution in [3.8, 4) is 0 Å². The Balaban J connectivity index is 0.00000147. The Morgan fingerprint density at radius 1 is 1.30 bits per heavy atom. The smallest absolute Gasteiger partial charge is 0.227 e. The van der Waals surface area contributed by atoms with Crippen molar-refractivity contribution in [1.29, 1.82) is 0 Å². The van der Waals surface area contributed by atoms with Crippen LogP contribution in [0, 0.1) is 11.2 Å². The first kappa shape index (κ1) is 15.3. The normalized spacial score (nSPS) is 24.9. The van der Waals surface area contributed by atoms with E-state index < -0.39 is 0 Å². The Hall–Kier alpha value is -1.13. The van der Waals surface area contributed by atoms with Crippen molar-refractivity contribution in [2.75, 3.05) is 26.2 Å². The molecule has 1 aromatic carbocycles. The van der Waals surface area contributed by atoms with Gasteiger partial charge >= 0.3 is 0 Å². The number of amides is 1. The molecule has 2 saturated heterocycles. The van der Waals surface area contributed by atoms with Crippen molar-refractivity contribution >= 4 is 18.3 Å². The van der Waals surface area contributed by atoms with Gasteiger partial charge in [0.2, 0.25) is 5.91 Å². The first-order chi connectivity index (χ1) is 9.17. The lowest BCUT2D eigenvalue weighted by Crippen LogP contribution is -2.34. The summed E-state index contributed by atoms with van der Waals surface area (Å²) in [6.45, 7) is 3.84. The van der Waals surface area contributed by atoms with E-state index in [4.69, 9.17) is 0 Å². The highest BCUT2D eigenvalue weighted by Gasteiger charge is 2.41. The summed E-state index contributed by atoms with van der Waals surface area (Å²) in [6, 6.07) is 6.20. The predicted octanol–water partition coefficient (Wildman–Crippen LogP) is 2.00. The van der Waals surface area contributed by atoms with E-state index in [0.717, 1.165) is 38.2 Å². The summed E-state index contributed by atoms with van der Waals surface area (Å²) in [5.41, 5.74) is 1.20. The zero-order valence-electron chi connectivity index (χ0n) is 11.4. The number of carbonyl (C=O) groups is 1. The fourth-order valence-corrected chi connectivity index (χ4v) is 3.18. The Bertz CT molecular complexity index is 471. The molecule has 0 saturated carbocycles. The minimum Gasteiger partial charge on any atom is -0.342 e. The van der Waals surface area contributed by atoms with E-state index in [1.165, 1.54) is 18.6 Å². The quantitative estimate of drug-likeness (QED) is 0.906. The highest BCUT2D eigenvalue weighted by molar-refractivity contribution is 5.85. The molecule has 110 valence electrons. The fourth-order valence-electron chi connectivity index (χ4n) is 3.18. The van der Waals surface area contributed by atoms with Gasteiger partial charge in [0.25, 0.3) is 0 Å². The van der Waals surface area contributed by atoms with Gasteiger partial charge in [-0.25, -0.2) is 4.39 Å². The van der Waals surface area contributed by atoms with E-state index in [-0.39, 0.29) is 24.1 Å². The molecule has 0 bridgehead atoms. The second-order valence-electron chi connectivity index (χ2n) is 5.80. The number of carbonyl (C=O) groups excluding carboxylic acids is 1. The summed E-state index contributed by atoms with van der Waals surface area (Å²) in [4.78, 5) is 14.2. The number of rotatable bonds is 2. The lowest BCUT2D eigenvalue weighted by atomic mass is 9.86. The van der Waals surface area contributed by atoms with Gasteiger partial charge in [-0.2, -0.15) is 0 Å². The number of hydrogen-bond donors (Lipinski definition) is 1. The first-order valence-electron chi connectivity index (χ1n) is 6.90. The molecule has 1 unspecified atom stereocenters. The van der Waals surface area contributed by atoms with Crippen LogP contribution in [0.15, 0.2) is 24.3 Å². The fraction of sp³-hybridized carbons (Fsp3) is 0.533. The Morgan fingerprint density at radius 3 is 2.70 bits per heavy atom. The largest absolute Gasteiger partial charge is 0.342 e. The van der Waals surface area contributed by atoms with E-state index in [1.54, 1.807) is 12.1 Å². The van der Waals surface area contributed by atoms with Crippen LogP contribution >= 0.6 is 12.4 Å². The van der Waals surface area contributed by atoms with Crippen LogP contribution in [0.4, 0.5) is 4.39 Å². The third-order valence-electron chi connectivity index (χ3n) is 4.39. The number of benzene rings is 1. The molecule has 1 N–H and O–H groups in total. The Kier molecular flexibility index (Phi) is 4.66. The predicted molar refractivity (Wildman–Crippen MR) is 78.5 cm³/mol. The van der Waals surface area contributed by atoms with E-state index in [2.05, 4.69) is 5.32 Å². The second-order valence-corrected chi connectivity index (χ2v) is 5.80. The lowest BCUT2D eigenvalue weighted by molar-refractivity contribution is -0.129. The summed E-state index contributed by atoms with van der Waals surface area (Å²) in [6.07, 6.45) is 2.66. The van der Waals surface area contributed by atoms with Gasteiger partial charge in [-0.1, -0.05) is 12.1 Å². The average Bonchev–Trinajstić information content (AvgIpc) is 3.03. The van der Waals surface area contributed by atoms with Gasteiger partial charge in [-0.3, -0.25) is 4.79 Å².